The molecule has 0 aliphatic heterocycles. The molecule has 1 amide bonds. The number of halogens is 1. The molecule has 1 aliphatic carbocycles. The zero-order valence-corrected chi connectivity index (χ0v) is 17.0. The Morgan fingerprint density at radius 2 is 1.68 bits per heavy atom. The molecule has 0 saturated heterocycles. The highest BCUT2D eigenvalue weighted by Gasteiger charge is 2.21. The van der Waals surface area contributed by atoms with E-state index in [2.05, 4.69) is 10.0 Å². The van der Waals surface area contributed by atoms with Crippen molar-refractivity contribution in [2.75, 3.05) is 5.32 Å². The molecule has 0 aromatic heterocycles. The van der Waals surface area contributed by atoms with Crippen molar-refractivity contribution in [3.05, 3.63) is 65.2 Å². The Bertz CT molecular complexity index is 950. The van der Waals surface area contributed by atoms with Crippen molar-refractivity contribution in [3.8, 4) is 0 Å². The molecule has 0 bridgehead atoms. The van der Waals surface area contributed by atoms with Gasteiger partial charge in [-0.15, -0.1) is 0 Å². The Morgan fingerprint density at radius 1 is 1.00 bits per heavy atom. The number of carbonyl (C=O) groups excluding carboxylic acids is 1. The van der Waals surface area contributed by atoms with Gasteiger partial charge in [-0.2, -0.15) is 0 Å². The van der Waals surface area contributed by atoms with E-state index in [9.17, 15) is 13.2 Å². The summed E-state index contributed by atoms with van der Waals surface area (Å²) >= 11 is 6.05. The molecule has 28 heavy (non-hydrogen) atoms. The van der Waals surface area contributed by atoms with Gasteiger partial charge in [-0.25, -0.2) is 13.1 Å². The van der Waals surface area contributed by atoms with Crippen molar-refractivity contribution in [2.45, 2.75) is 43.0 Å². The van der Waals surface area contributed by atoms with E-state index >= 15 is 0 Å². The van der Waals surface area contributed by atoms with Crippen LogP contribution in [0.2, 0.25) is 5.02 Å². The van der Waals surface area contributed by atoms with Gasteiger partial charge >= 0.3 is 0 Å². The third kappa shape index (κ3) is 5.67. The monoisotopic (exact) mass is 418 g/mol. The lowest BCUT2D eigenvalue weighted by atomic mass is 9.96. The van der Waals surface area contributed by atoms with Crippen LogP contribution < -0.4 is 10.0 Å². The standard InChI is InChI=1S/C21H23ClN2O3S/c22-20-9-5-4-6-16(20)10-15-21(25)23-17-11-13-19(14-12-17)28(26,27)24-18-7-2-1-3-8-18/h4-6,9-15,18,24H,1-3,7-8H2,(H,23,25)/b15-10+. The topological polar surface area (TPSA) is 75.3 Å². The van der Waals surface area contributed by atoms with E-state index in [1.54, 1.807) is 24.3 Å². The van der Waals surface area contributed by atoms with Gasteiger partial charge in [-0.05, 0) is 54.8 Å². The van der Waals surface area contributed by atoms with E-state index in [-0.39, 0.29) is 16.8 Å². The van der Waals surface area contributed by atoms with Crippen molar-refractivity contribution >= 4 is 39.3 Å². The predicted molar refractivity (Wildman–Crippen MR) is 113 cm³/mol. The van der Waals surface area contributed by atoms with Crippen LogP contribution in [0.3, 0.4) is 0 Å². The van der Waals surface area contributed by atoms with Gasteiger partial charge in [0.2, 0.25) is 15.9 Å². The Kier molecular flexibility index (Phi) is 6.88. The molecule has 0 unspecified atom stereocenters. The smallest absolute Gasteiger partial charge is 0.248 e. The van der Waals surface area contributed by atoms with Crippen LogP contribution >= 0.6 is 11.6 Å². The van der Waals surface area contributed by atoms with Gasteiger partial charge in [0.15, 0.2) is 0 Å². The summed E-state index contributed by atoms with van der Waals surface area (Å²) in [6.07, 6.45) is 8.05. The van der Waals surface area contributed by atoms with Crippen LogP contribution in [0.5, 0.6) is 0 Å². The summed E-state index contributed by atoms with van der Waals surface area (Å²) in [5.41, 5.74) is 1.26. The van der Waals surface area contributed by atoms with Crippen molar-refractivity contribution < 1.29 is 13.2 Å². The summed E-state index contributed by atoms with van der Waals surface area (Å²) in [4.78, 5) is 12.3. The first-order valence-corrected chi connectivity index (χ1v) is 11.2. The van der Waals surface area contributed by atoms with Crippen molar-refractivity contribution in [3.63, 3.8) is 0 Å². The van der Waals surface area contributed by atoms with Gasteiger partial charge in [0.1, 0.15) is 0 Å². The van der Waals surface area contributed by atoms with Crippen LogP contribution in [0.15, 0.2) is 59.5 Å². The molecule has 0 spiro atoms. The second-order valence-corrected chi connectivity index (χ2v) is 8.95. The first-order valence-electron chi connectivity index (χ1n) is 9.30. The zero-order valence-electron chi connectivity index (χ0n) is 15.4. The van der Waals surface area contributed by atoms with E-state index in [1.807, 2.05) is 18.2 Å². The number of nitrogens with one attached hydrogen (secondary N) is 2. The van der Waals surface area contributed by atoms with Crippen LogP contribution in [0, 0.1) is 0 Å². The second kappa shape index (κ2) is 9.37. The summed E-state index contributed by atoms with van der Waals surface area (Å²) in [5, 5.41) is 3.27. The molecule has 7 heteroatoms. The minimum Gasteiger partial charge on any atom is -0.323 e. The number of hydrogen-bond acceptors (Lipinski definition) is 3. The summed E-state index contributed by atoms with van der Waals surface area (Å²) in [6.45, 7) is 0. The highest BCUT2D eigenvalue weighted by atomic mass is 35.5. The number of amides is 1. The summed E-state index contributed by atoms with van der Waals surface area (Å²) < 4.78 is 27.8. The van der Waals surface area contributed by atoms with E-state index in [1.165, 1.54) is 18.2 Å². The maximum atomic E-state index is 12.5. The molecule has 2 aromatic carbocycles. The number of carbonyl (C=O) groups is 1. The van der Waals surface area contributed by atoms with Crippen LogP contribution in [0.1, 0.15) is 37.7 Å². The minimum absolute atomic E-state index is 0.00748. The molecule has 1 saturated carbocycles. The fourth-order valence-corrected chi connectivity index (χ4v) is 4.69. The number of rotatable bonds is 6. The third-order valence-corrected chi connectivity index (χ3v) is 6.56. The minimum atomic E-state index is -3.55. The molecule has 5 nitrogen and oxygen atoms in total. The van der Waals surface area contributed by atoms with Gasteiger partial charge in [0, 0.05) is 22.8 Å². The fraction of sp³-hybridized carbons (Fsp3) is 0.286. The Hall–Kier alpha value is -2.15. The largest absolute Gasteiger partial charge is 0.323 e. The maximum Gasteiger partial charge on any atom is 0.248 e. The summed E-state index contributed by atoms with van der Waals surface area (Å²) in [7, 11) is -3.55. The molecule has 0 atom stereocenters. The molecule has 2 aromatic rings. The summed E-state index contributed by atoms with van der Waals surface area (Å²) in [6, 6.07) is 13.4. The quantitative estimate of drug-likeness (QED) is 0.673. The highest BCUT2D eigenvalue weighted by Crippen LogP contribution is 2.21. The Morgan fingerprint density at radius 3 is 2.36 bits per heavy atom. The lowest BCUT2D eigenvalue weighted by Crippen LogP contribution is -2.36. The number of sulfonamides is 1. The van der Waals surface area contributed by atoms with Gasteiger partial charge in [-0.1, -0.05) is 49.1 Å². The highest BCUT2D eigenvalue weighted by molar-refractivity contribution is 7.89. The number of hydrogen-bond donors (Lipinski definition) is 2. The van der Waals surface area contributed by atoms with Gasteiger partial charge in [-0.3, -0.25) is 4.79 Å². The van der Waals surface area contributed by atoms with Gasteiger partial charge < -0.3 is 5.32 Å². The lowest BCUT2D eigenvalue weighted by molar-refractivity contribution is -0.111. The first-order chi connectivity index (χ1) is 13.4. The van der Waals surface area contributed by atoms with Crippen molar-refractivity contribution in [1.82, 2.24) is 4.72 Å². The molecule has 148 valence electrons. The Labute approximate surface area is 170 Å². The molecule has 1 aliphatic rings. The number of anilines is 1. The fourth-order valence-electron chi connectivity index (χ4n) is 3.18. The van der Waals surface area contributed by atoms with Crippen molar-refractivity contribution in [1.29, 1.82) is 0 Å². The van der Waals surface area contributed by atoms with Crippen molar-refractivity contribution in [2.24, 2.45) is 0 Å². The summed E-state index contributed by atoms with van der Waals surface area (Å²) in [5.74, 6) is -0.323. The molecule has 2 N–H and O–H groups in total. The molecular weight excluding hydrogens is 396 g/mol. The molecule has 1 fully saturated rings. The van der Waals surface area contributed by atoms with Crippen LogP contribution in [0.25, 0.3) is 6.08 Å². The average Bonchev–Trinajstić information content (AvgIpc) is 2.68. The van der Waals surface area contributed by atoms with Crippen LogP contribution in [-0.2, 0) is 14.8 Å². The zero-order chi connectivity index (χ0) is 20.0. The molecule has 0 radical (unpaired) electrons. The van der Waals surface area contributed by atoms with E-state index in [4.69, 9.17) is 11.6 Å². The molecular formula is C21H23ClN2O3S. The number of benzene rings is 2. The molecule has 3 rings (SSSR count). The van der Waals surface area contributed by atoms with Crippen LogP contribution in [0.4, 0.5) is 5.69 Å². The van der Waals surface area contributed by atoms with Crippen LogP contribution in [-0.4, -0.2) is 20.4 Å². The lowest BCUT2D eigenvalue weighted by Gasteiger charge is -2.22. The average molecular weight is 419 g/mol. The predicted octanol–water partition coefficient (Wildman–Crippen LogP) is 4.60. The van der Waals surface area contributed by atoms with E-state index in [0.29, 0.717) is 10.7 Å². The van der Waals surface area contributed by atoms with Gasteiger partial charge in [0.25, 0.3) is 0 Å². The third-order valence-electron chi connectivity index (χ3n) is 4.68. The maximum absolute atomic E-state index is 12.5. The first kappa shape index (κ1) is 20.6. The second-order valence-electron chi connectivity index (χ2n) is 6.82. The normalized spacial score (nSPS) is 15.6. The Balaban J connectivity index is 1.60. The van der Waals surface area contributed by atoms with E-state index in [0.717, 1.165) is 37.7 Å². The molecule has 0 heterocycles. The van der Waals surface area contributed by atoms with E-state index < -0.39 is 10.0 Å². The van der Waals surface area contributed by atoms with Gasteiger partial charge in [0.05, 0.1) is 4.90 Å². The SMILES string of the molecule is O=C(/C=C/c1ccccc1Cl)Nc1ccc(S(=O)(=O)NC2CCCCC2)cc1.